The molecule has 1 rings (SSSR count). The van der Waals surface area contributed by atoms with Gasteiger partial charge in [0.2, 0.25) is 0 Å². The van der Waals surface area contributed by atoms with Crippen LogP contribution in [0.25, 0.3) is 0 Å². The van der Waals surface area contributed by atoms with Crippen LogP contribution >= 0.6 is 0 Å². The van der Waals surface area contributed by atoms with E-state index in [1.807, 2.05) is 0 Å². The fourth-order valence-electron chi connectivity index (χ4n) is 0.993. The number of aliphatic hydroxyl groups excluding tert-OH is 1. The van der Waals surface area contributed by atoms with Crippen molar-refractivity contribution < 1.29 is 9.50 Å². The largest absolute Gasteiger partial charge is 0.390 e. The third kappa shape index (κ3) is 1.91. The van der Waals surface area contributed by atoms with Crippen LogP contribution in [-0.4, -0.2) is 30.5 Å². The van der Waals surface area contributed by atoms with E-state index in [2.05, 4.69) is 5.32 Å². The molecule has 0 aromatic carbocycles. The average Bonchev–Trinajstić information content (AvgIpc) is 1.99. The van der Waals surface area contributed by atoms with Crippen molar-refractivity contribution in [2.24, 2.45) is 0 Å². The highest BCUT2D eigenvalue weighted by Crippen LogP contribution is 2.07. The van der Waals surface area contributed by atoms with Gasteiger partial charge in [-0.15, -0.1) is 0 Å². The van der Waals surface area contributed by atoms with Crippen LogP contribution in [0.3, 0.4) is 0 Å². The maximum Gasteiger partial charge on any atom is 0.138 e. The third-order valence-electron chi connectivity index (χ3n) is 1.61. The molecule has 1 aliphatic heterocycles. The second kappa shape index (κ2) is 3.13. The highest BCUT2D eigenvalue weighted by atomic mass is 19.1. The van der Waals surface area contributed by atoms with E-state index >= 15 is 0 Å². The molecule has 0 saturated carbocycles. The minimum absolute atomic E-state index is 0.307. The molecule has 3 heteroatoms. The van der Waals surface area contributed by atoms with Crippen molar-refractivity contribution in [2.45, 2.75) is 25.1 Å². The van der Waals surface area contributed by atoms with Crippen molar-refractivity contribution in [3.63, 3.8) is 0 Å². The maximum absolute atomic E-state index is 12.5. The monoisotopic (exact) mass is 133 g/mol. The molecule has 1 heterocycles. The van der Waals surface area contributed by atoms with Gasteiger partial charge in [0.25, 0.3) is 0 Å². The summed E-state index contributed by atoms with van der Waals surface area (Å²) >= 11 is 0. The Labute approximate surface area is 54.1 Å². The molecule has 2 atom stereocenters. The minimum Gasteiger partial charge on any atom is -0.390 e. The Morgan fingerprint density at radius 2 is 2.33 bits per heavy atom. The van der Waals surface area contributed by atoms with Crippen molar-refractivity contribution in [1.82, 2.24) is 5.32 Å². The van der Waals surface area contributed by atoms with Crippen LogP contribution in [0.1, 0.15) is 12.8 Å². The van der Waals surface area contributed by atoms with Gasteiger partial charge in [-0.25, -0.2) is 4.39 Å². The summed E-state index contributed by atoms with van der Waals surface area (Å²) in [5, 5.41) is 11.8. The van der Waals surface area contributed by atoms with E-state index in [1.165, 1.54) is 0 Å². The van der Waals surface area contributed by atoms with Gasteiger partial charge in [-0.2, -0.15) is 0 Å². The molecule has 2 unspecified atom stereocenters. The second-order valence-corrected chi connectivity index (χ2v) is 2.43. The third-order valence-corrected chi connectivity index (χ3v) is 1.61. The van der Waals surface area contributed by atoms with Crippen molar-refractivity contribution in [2.75, 3.05) is 13.1 Å². The van der Waals surface area contributed by atoms with Crippen LogP contribution in [-0.2, 0) is 0 Å². The number of nitrogens with one attached hydrogen (secondary N) is 1. The molecular formula is C6H12FNO. The lowest BCUT2D eigenvalue weighted by molar-refractivity contribution is 0.0787. The number of hydrogen-bond donors (Lipinski definition) is 2. The highest BCUT2D eigenvalue weighted by Gasteiger charge is 2.19. The van der Waals surface area contributed by atoms with Gasteiger partial charge in [0, 0.05) is 6.54 Å². The van der Waals surface area contributed by atoms with E-state index < -0.39 is 12.3 Å². The zero-order chi connectivity index (χ0) is 6.69. The number of aliphatic hydroxyl groups is 1. The van der Waals surface area contributed by atoms with Gasteiger partial charge in [-0.1, -0.05) is 0 Å². The first kappa shape index (κ1) is 6.96. The predicted octanol–water partition coefficient (Wildman–Crippen LogP) is 0.0688. The van der Waals surface area contributed by atoms with Gasteiger partial charge in [0.1, 0.15) is 6.17 Å². The van der Waals surface area contributed by atoms with Gasteiger partial charge in [-0.3, -0.25) is 0 Å². The Kier molecular flexibility index (Phi) is 2.42. The van der Waals surface area contributed by atoms with E-state index in [4.69, 9.17) is 5.11 Å². The molecule has 1 aliphatic rings. The van der Waals surface area contributed by atoms with Crippen LogP contribution in [0.2, 0.25) is 0 Å². The van der Waals surface area contributed by atoms with Gasteiger partial charge in [0.15, 0.2) is 0 Å². The summed E-state index contributed by atoms with van der Waals surface area (Å²) in [6, 6.07) is 0. The molecule has 1 saturated heterocycles. The molecule has 54 valence electrons. The molecule has 0 bridgehead atoms. The first-order valence-corrected chi connectivity index (χ1v) is 3.33. The summed E-state index contributed by atoms with van der Waals surface area (Å²) < 4.78 is 12.5. The Bertz CT molecular complexity index is 79.1. The number of hydrogen-bond acceptors (Lipinski definition) is 2. The second-order valence-electron chi connectivity index (χ2n) is 2.43. The quantitative estimate of drug-likeness (QED) is 0.490. The Balaban J connectivity index is 2.32. The SMILES string of the molecule is OC1CCCNCC1F. The van der Waals surface area contributed by atoms with E-state index in [1.54, 1.807) is 0 Å². The smallest absolute Gasteiger partial charge is 0.138 e. The first-order valence-electron chi connectivity index (χ1n) is 3.33. The summed E-state index contributed by atoms with van der Waals surface area (Å²) in [6.07, 6.45) is -0.331. The summed E-state index contributed by atoms with van der Waals surface area (Å²) in [6.45, 7) is 1.14. The van der Waals surface area contributed by atoms with Crippen molar-refractivity contribution in [3.8, 4) is 0 Å². The van der Waals surface area contributed by atoms with Crippen LogP contribution in [0, 0.1) is 0 Å². The lowest BCUT2D eigenvalue weighted by Gasteiger charge is -2.09. The Morgan fingerprint density at radius 3 is 3.11 bits per heavy atom. The van der Waals surface area contributed by atoms with E-state index in [9.17, 15) is 4.39 Å². The standard InChI is InChI=1S/C6H12FNO/c7-5-4-8-3-1-2-6(5)9/h5-6,8-9H,1-4H2. The molecule has 0 aromatic heterocycles. The molecule has 0 aromatic rings. The zero-order valence-corrected chi connectivity index (χ0v) is 5.31. The molecule has 0 amide bonds. The molecule has 0 spiro atoms. The van der Waals surface area contributed by atoms with Crippen LogP contribution < -0.4 is 5.32 Å². The molecule has 2 N–H and O–H groups in total. The minimum atomic E-state index is -1.06. The number of halogens is 1. The van der Waals surface area contributed by atoms with E-state index in [-0.39, 0.29) is 0 Å². The van der Waals surface area contributed by atoms with Crippen molar-refractivity contribution in [3.05, 3.63) is 0 Å². The number of alkyl halides is 1. The number of rotatable bonds is 0. The van der Waals surface area contributed by atoms with Crippen LogP contribution in [0.5, 0.6) is 0 Å². The zero-order valence-electron chi connectivity index (χ0n) is 5.31. The van der Waals surface area contributed by atoms with Crippen molar-refractivity contribution >= 4 is 0 Å². The molecular weight excluding hydrogens is 121 g/mol. The summed E-state index contributed by atoms with van der Waals surface area (Å²) in [5.74, 6) is 0. The molecule has 0 aliphatic carbocycles. The molecule has 0 radical (unpaired) electrons. The molecule has 1 fully saturated rings. The normalized spacial score (nSPS) is 38.0. The molecule has 9 heavy (non-hydrogen) atoms. The predicted molar refractivity (Wildman–Crippen MR) is 33.0 cm³/mol. The summed E-state index contributed by atoms with van der Waals surface area (Å²) in [5.41, 5.74) is 0. The van der Waals surface area contributed by atoms with Gasteiger partial charge in [0.05, 0.1) is 6.10 Å². The van der Waals surface area contributed by atoms with E-state index in [0.717, 1.165) is 13.0 Å². The van der Waals surface area contributed by atoms with Gasteiger partial charge >= 0.3 is 0 Å². The first-order chi connectivity index (χ1) is 4.30. The van der Waals surface area contributed by atoms with Gasteiger partial charge in [-0.05, 0) is 19.4 Å². The van der Waals surface area contributed by atoms with Crippen LogP contribution in [0.4, 0.5) is 4.39 Å². The fraction of sp³-hybridized carbons (Fsp3) is 1.00. The Hall–Kier alpha value is -0.150. The topological polar surface area (TPSA) is 32.3 Å². The highest BCUT2D eigenvalue weighted by molar-refractivity contribution is 4.73. The lowest BCUT2D eigenvalue weighted by atomic mass is 10.1. The average molecular weight is 133 g/mol. The summed E-state index contributed by atoms with van der Waals surface area (Å²) in [4.78, 5) is 0. The lowest BCUT2D eigenvalue weighted by Crippen LogP contribution is -2.28. The maximum atomic E-state index is 12.5. The molecule has 2 nitrogen and oxygen atoms in total. The Morgan fingerprint density at radius 1 is 1.56 bits per heavy atom. The van der Waals surface area contributed by atoms with Crippen molar-refractivity contribution in [1.29, 1.82) is 0 Å². The van der Waals surface area contributed by atoms with Gasteiger partial charge < -0.3 is 10.4 Å². The fourth-order valence-corrected chi connectivity index (χ4v) is 0.993. The van der Waals surface area contributed by atoms with Crippen LogP contribution in [0.15, 0.2) is 0 Å². The summed E-state index contributed by atoms with van der Waals surface area (Å²) in [7, 11) is 0. The van der Waals surface area contributed by atoms with E-state index in [0.29, 0.717) is 13.0 Å².